The van der Waals surface area contributed by atoms with Gasteiger partial charge in [0, 0.05) is 24.5 Å². The molecule has 7 rings (SSSR count). The summed E-state index contributed by atoms with van der Waals surface area (Å²) in [5.74, 6) is -0.692. The summed E-state index contributed by atoms with van der Waals surface area (Å²) in [5, 5.41) is 0.740. The molecule has 2 amide bonds. The Morgan fingerprint density at radius 3 is 2.38 bits per heavy atom. The Morgan fingerprint density at radius 1 is 0.844 bits per heavy atom. The number of para-hydroxylation sites is 2. The molecule has 0 bridgehead atoms. The molecular formula is C37H29F2N3O3. The highest BCUT2D eigenvalue weighted by Gasteiger charge is 2.33. The van der Waals surface area contributed by atoms with Crippen LogP contribution in [-0.2, 0) is 11.2 Å². The SMILES string of the molecule is O=C(c1c2c(nc3ccccc13)/C(=C\c1ccc(Oc3ccccc3)cc1)CCC2)N1CCN(c2ccc(F)cc2F)C(=O)C1. The number of hydrogen-bond donors (Lipinski definition) is 0. The number of ether oxygens (including phenoxy) is 1. The van der Waals surface area contributed by atoms with Gasteiger partial charge < -0.3 is 14.5 Å². The van der Waals surface area contributed by atoms with Crippen molar-refractivity contribution >= 4 is 40.1 Å². The molecule has 6 nitrogen and oxygen atoms in total. The number of piperazine rings is 1. The number of rotatable bonds is 5. The highest BCUT2D eigenvalue weighted by molar-refractivity contribution is 6.10. The highest BCUT2D eigenvalue weighted by atomic mass is 19.1. The van der Waals surface area contributed by atoms with Crippen molar-refractivity contribution in [3.63, 3.8) is 0 Å². The lowest BCUT2D eigenvalue weighted by atomic mass is 9.85. The van der Waals surface area contributed by atoms with E-state index in [2.05, 4.69) is 6.08 Å². The topological polar surface area (TPSA) is 62.7 Å². The van der Waals surface area contributed by atoms with E-state index in [1.54, 1.807) is 0 Å². The zero-order valence-electron chi connectivity index (χ0n) is 24.4. The van der Waals surface area contributed by atoms with Crippen molar-refractivity contribution in [1.29, 1.82) is 0 Å². The van der Waals surface area contributed by atoms with Crippen LogP contribution in [0, 0.1) is 11.6 Å². The maximum atomic E-state index is 14.5. The standard InChI is InChI=1S/C37H29F2N3O3/c38-26-15-18-33(31(39)22-26)42-20-19-41(23-34(42)43)37(44)35-29-10-4-5-12-32(29)40-36-25(7-6-11-30(35)36)21-24-13-16-28(17-14-24)45-27-8-2-1-3-9-27/h1-5,8-10,12-18,21-22H,6-7,11,19-20,23H2/b25-21-. The predicted molar refractivity (Wildman–Crippen MR) is 170 cm³/mol. The largest absolute Gasteiger partial charge is 0.457 e. The molecule has 1 aromatic heterocycles. The van der Waals surface area contributed by atoms with E-state index in [4.69, 9.17) is 9.72 Å². The van der Waals surface area contributed by atoms with Crippen LogP contribution in [0.3, 0.4) is 0 Å². The van der Waals surface area contributed by atoms with Crippen LogP contribution >= 0.6 is 0 Å². The Labute approximate surface area is 259 Å². The summed E-state index contributed by atoms with van der Waals surface area (Å²) in [7, 11) is 0. The Hall–Kier alpha value is -5.37. The summed E-state index contributed by atoms with van der Waals surface area (Å²) in [6, 6.07) is 28.2. The molecule has 0 atom stereocenters. The number of hydrogen-bond acceptors (Lipinski definition) is 4. The van der Waals surface area contributed by atoms with Crippen LogP contribution in [0.1, 0.15) is 40.0 Å². The molecule has 45 heavy (non-hydrogen) atoms. The van der Waals surface area contributed by atoms with Crippen LogP contribution in [0.2, 0.25) is 0 Å². The number of allylic oxidation sites excluding steroid dienone is 1. The van der Waals surface area contributed by atoms with Crippen LogP contribution in [0.5, 0.6) is 11.5 Å². The Kier molecular flexibility index (Phi) is 7.55. The van der Waals surface area contributed by atoms with E-state index in [1.807, 2.05) is 78.9 Å². The number of nitrogens with zero attached hydrogens (tertiary/aromatic N) is 3. The van der Waals surface area contributed by atoms with Gasteiger partial charge in [0.05, 0.1) is 22.5 Å². The van der Waals surface area contributed by atoms with E-state index >= 15 is 0 Å². The lowest BCUT2D eigenvalue weighted by Crippen LogP contribution is -2.52. The molecule has 0 spiro atoms. The number of pyridine rings is 1. The third-order valence-electron chi connectivity index (χ3n) is 8.29. The second kappa shape index (κ2) is 12.0. The quantitative estimate of drug-likeness (QED) is 0.207. The first-order valence-electron chi connectivity index (χ1n) is 14.9. The van der Waals surface area contributed by atoms with Crippen LogP contribution in [-0.4, -0.2) is 41.3 Å². The van der Waals surface area contributed by atoms with Crippen molar-refractivity contribution in [2.24, 2.45) is 0 Å². The fourth-order valence-electron chi connectivity index (χ4n) is 6.14. The number of anilines is 1. The first-order chi connectivity index (χ1) is 21.9. The summed E-state index contributed by atoms with van der Waals surface area (Å²) in [6.07, 6.45) is 4.46. The van der Waals surface area contributed by atoms with Gasteiger partial charge in [-0.3, -0.25) is 9.59 Å². The molecule has 5 aromatic rings. The Morgan fingerprint density at radius 2 is 1.60 bits per heavy atom. The molecule has 0 radical (unpaired) electrons. The summed E-state index contributed by atoms with van der Waals surface area (Å²) < 4.78 is 33.9. The third kappa shape index (κ3) is 5.67. The van der Waals surface area contributed by atoms with Gasteiger partial charge >= 0.3 is 0 Å². The second-order valence-electron chi connectivity index (χ2n) is 11.2. The monoisotopic (exact) mass is 601 g/mol. The van der Waals surface area contributed by atoms with Gasteiger partial charge in [-0.25, -0.2) is 13.8 Å². The number of benzene rings is 4. The van der Waals surface area contributed by atoms with Gasteiger partial charge in [-0.05, 0) is 84.5 Å². The number of carbonyl (C=O) groups excluding carboxylic acids is 2. The van der Waals surface area contributed by atoms with E-state index in [0.29, 0.717) is 17.5 Å². The maximum absolute atomic E-state index is 14.5. The molecular weight excluding hydrogens is 572 g/mol. The van der Waals surface area contributed by atoms with Crippen molar-refractivity contribution in [3.05, 3.63) is 131 Å². The lowest BCUT2D eigenvalue weighted by molar-refractivity contribution is -0.120. The molecule has 0 N–H and O–H groups in total. The molecule has 1 saturated heterocycles. The Balaban J connectivity index is 1.19. The van der Waals surface area contributed by atoms with E-state index in [-0.39, 0.29) is 31.2 Å². The van der Waals surface area contributed by atoms with Crippen molar-refractivity contribution in [1.82, 2.24) is 9.88 Å². The fraction of sp³-hybridized carbons (Fsp3) is 0.162. The zero-order chi connectivity index (χ0) is 30.9. The van der Waals surface area contributed by atoms with Crippen LogP contribution < -0.4 is 9.64 Å². The molecule has 1 aliphatic heterocycles. The molecule has 1 aliphatic carbocycles. The van der Waals surface area contributed by atoms with Crippen LogP contribution in [0.4, 0.5) is 14.5 Å². The van der Waals surface area contributed by atoms with Gasteiger partial charge in [0.1, 0.15) is 29.7 Å². The number of aromatic nitrogens is 1. The number of amides is 2. The van der Waals surface area contributed by atoms with Crippen LogP contribution in [0.15, 0.2) is 97.1 Å². The maximum Gasteiger partial charge on any atom is 0.255 e. The second-order valence-corrected chi connectivity index (χ2v) is 11.2. The van der Waals surface area contributed by atoms with E-state index in [0.717, 1.165) is 64.3 Å². The molecule has 224 valence electrons. The van der Waals surface area contributed by atoms with Crippen molar-refractivity contribution in [3.8, 4) is 11.5 Å². The average Bonchev–Trinajstić information content (AvgIpc) is 3.05. The van der Waals surface area contributed by atoms with Gasteiger partial charge in [-0.15, -0.1) is 0 Å². The first-order valence-corrected chi connectivity index (χ1v) is 14.9. The molecule has 1 fully saturated rings. The minimum absolute atomic E-state index is 0.00896. The molecule has 4 aromatic carbocycles. The van der Waals surface area contributed by atoms with E-state index in [1.165, 1.54) is 15.9 Å². The van der Waals surface area contributed by atoms with Gasteiger partial charge in [-0.2, -0.15) is 0 Å². The van der Waals surface area contributed by atoms with E-state index < -0.39 is 17.5 Å². The molecule has 2 heterocycles. The smallest absolute Gasteiger partial charge is 0.255 e. The summed E-state index contributed by atoms with van der Waals surface area (Å²) in [6.45, 7) is 0.113. The summed E-state index contributed by atoms with van der Waals surface area (Å²) >= 11 is 0. The molecule has 2 aliphatic rings. The lowest BCUT2D eigenvalue weighted by Gasteiger charge is -2.35. The third-order valence-corrected chi connectivity index (χ3v) is 8.29. The van der Waals surface area contributed by atoms with Gasteiger partial charge in [0.25, 0.3) is 5.91 Å². The number of halogens is 2. The minimum atomic E-state index is -0.810. The molecule has 8 heteroatoms. The molecule has 0 saturated carbocycles. The Bertz CT molecular complexity index is 1960. The fourth-order valence-corrected chi connectivity index (χ4v) is 6.14. The van der Waals surface area contributed by atoms with Crippen LogP contribution in [0.25, 0.3) is 22.6 Å². The zero-order valence-corrected chi connectivity index (χ0v) is 24.4. The highest BCUT2D eigenvalue weighted by Crippen LogP contribution is 2.37. The predicted octanol–water partition coefficient (Wildman–Crippen LogP) is 7.67. The normalized spacial score (nSPS) is 15.8. The summed E-state index contributed by atoms with van der Waals surface area (Å²) in [4.78, 5) is 35.2. The first kappa shape index (κ1) is 28.4. The minimum Gasteiger partial charge on any atom is -0.457 e. The number of carbonyl (C=O) groups is 2. The van der Waals surface area contributed by atoms with Crippen molar-refractivity contribution in [2.75, 3.05) is 24.5 Å². The van der Waals surface area contributed by atoms with Crippen molar-refractivity contribution < 1.29 is 23.1 Å². The number of fused-ring (bicyclic) bond motifs is 2. The van der Waals surface area contributed by atoms with Gasteiger partial charge in [0.2, 0.25) is 5.91 Å². The molecule has 0 unspecified atom stereocenters. The van der Waals surface area contributed by atoms with E-state index in [9.17, 15) is 18.4 Å². The van der Waals surface area contributed by atoms with Gasteiger partial charge in [0.15, 0.2) is 0 Å². The van der Waals surface area contributed by atoms with Gasteiger partial charge in [-0.1, -0.05) is 48.5 Å². The van der Waals surface area contributed by atoms with Crippen molar-refractivity contribution in [2.45, 2.75) is 19.3 Å². The summed E-state index contributed by atoms with van der Waals surface area (Å²) in [5.41, 5.74) is 4.98. The average molecular weight is 602 g/mol.